The molecular formula is C21H23N3O3. The van der Waals surface area contributed by atoms with Crippen LogP contribution in [0.15, 0.2) is 48.5 Å². The standard InChI is InChI=1S/C21H23N3O3/c22-21(26)18-11-14-5-1-2-6-15(14)12-24(18)13-20(25)23-17-9-10-27-19-8-4-3-7-16(17)19/h1-8,17-18H,9-13H2,(H2,22,26)(H,23,25)/t17-,18+/m0/s1. The number of fused-ring (bicyclic) bond motifs is 2. The Morgan fingerprint density at radius 3 is 2.67 bits per heavy atom. The summed E-state index contributed by atoms with van der Waals surface area (Å²) in [6.45, 7) is 1.26. The van der Waals surface area contributed by atoms with Crippen molar-refractivity contribution in [3.05, 3.63) is 65.2 Å². The Balaban J connectivity index is 1.47. The van der Waals surface area contributed by atoms with Gasteiger partial charge in [-0.3, -0.25) is 14.5 Å². The van der Waals surface area contributed by atoms with Gasteiger partial charge in [0.1, 0.15) is 5.75 Å². The maximum Gasteiger partial charge on any atom is 0.235 e. The van der Waals surface area contributed by atoms with Crippen LogP contribution >= 0.6 is 0 Å². The maximum absolute atomic E-state index is 12.7. The fraction of sp³-hybridized carbons (Fsp3) is 0.333. The molecule has 0 bridgehead atoms. The molecule has 27 heavy (non-hydrogen) atoms. The van der Waals surface area contributed by atoms with Crippen LogP contribution in [0.4, 0.5) is 0 Å². The highest BCUT2D eigenvalue weighted by molar-refractivity contribution is 5.83. The van der Waals surface area contributed by atoms with Crippen LogP contribution in [0, 0.1) is 0 Å². The molecule has 6 heteroatoms. The van der Waals surface area contributed by atoms with Crippen molar-refractivity contribution in [1.82, 2.24) is 10.2 Å². The van der Waals surface area contributed by atoms with Gasteiger partial charge >= 0.3 is 0 Å². The fourth-order valence-electron chi connectivity index (χ4n) is 3.94. The van der Waals surface area contributed by atoms with Crippen molar-refractivity contribution in [2.45, 2.75) is 31.5 Å². The number of hydrogen-bond acceptors (Lipinski definition) is 4. The van der Waals surface area contributed by atoms with Crippen LogP contribution in [0.25, 0.3) is 0 Å². The second kappa shape index (κ2) is 7.40. The van der Waals surface area contributed by atoms with Gasteiger partial charge in [-0.1, -0.05) is 42.5 Å². The largest absolute Gasteiger partial charge is 0.493 e. The number of nitrogens with zero attached hydrogens (tertiary/aromatic N) is 1. The Bertz CT molecular complexity index is 867. The number of ether oxygens (including phenoxy) is 1. The van der Waals surface area contributed by atoms with Crippen LogP contribution in [0.1, 0.15) is 29.2 Å². The third kappa shape index (κ3) is 3.66. The number of nitrogens with two attached hydrogens (primary N) is 1. The highest BCUT2D eigenvalue weighted by Crippen LogP contribution is 2.31. The fourth-order valence-corrected chi connectivity index (χ4v) is 3.94. The topological polar surface area (TPSA) is 84.7 Å². The summed E-state index contributed by atoms with van der Waals surface area (Å²) in [6, 6.07) is 15.2. The molecule has 0 saturated heterocycles. The lowest BCUT2D eigenvalue weighted by Crippen LogP contribution is -2.52. The number of carbonyl (C=O) groups excluding carboxylic acids is 2. The van der Waals surface area contributed by atoms with Crippen LogP contribution in [-0.4, -0.2) is 35.9 Å². The average molecular weight is 365 g/mol. The quantitative estimate of drug-likeness (QED) is 0.861. The van der Waals surface area contributed by atoms with E-state index >= 15 is 0 Å². The number of rotatable bonds is 4. The zero-order chi connectivity index (χ0) is 18.8. The first-order valence-corrected chi connectivity index (χ1v) is 9.23. The number of amides is 2. The number of benzene rings is 2. The third-order valence-corrected chi connectivity index (χ3v) is 5.31. The number of para-hydroxylation sites is 1. The molecule has 6 nitrogen and oxygen atoms in total. The molecule has 0 spiro atoms. The molecule has 2 amide bonds. The van der Waals surface area contributed by atoms with Gasteiger partial charge in [0, 0.05) is 18.5 Å². The Kier molecular flexibility index (Phi) is 4.81. The first kappa shape index (κ1) is 17.5. The van der Waals surface area contributed by atoms with Crippen molar-refractivity contribution >= 4 is 11.8 Å². The van der Waals surface area contributed by atoms with E-state index in [-0.39, 0.29) is 18.5 Å². The minimum Gasteiger partial charge on any atom is -0.493 e. The monoisotopic (exact) mass is 365 g/mol. The highest BCUT2D eigenvalue weighted by Gasteiger charge is 2.32. The van der Waals surface area contributed by atoms with Crippen LogP contribution in [0.3, 0.4) is 0 Å². The van der Waals surface area contributed by atoms with Gasteiger partial charge in [0.05, 0.1) is 25.2 Å². The summed E-state index contributed by atoms with van der Waals surface area (Å²) < 4.78 is 5.65. The molecule has 2 aromatic carbocycles. The van der Waals surface area contributed by atoms with Crippen LogP contribution in [-0.2, 0) is 22.6 Å². The summed E-state index contributed by atoms with van der Waals surface area (Å²) in [5.41, 5.74) is 8.86. The normalized spacial score (nSPS) is 21.5. The second-order valence-corrected chi connectivity index (χ2v) is 7.09. The van der Waals surface area contributed by atoms with E-state index in [0.717, 1.165) is 28.9 Å². The Labute approximate surface area is 158 Å². The number of hydrogen-bond donors (Lipinski definition) is 2. The number of primary amides is 1. The molecule has 2 aliphatic heterocycles. The van der Waals surface area contributed by atoms with Crippen molar-refractivity contribution in [2.75, 3.05) is 13.2 Å². The summed E-state index contributed by atoms with van der Waals surface area (Å²) in [5, 5.41) is 3.09. The average Bonchev–Trinajstić information content (AvgIpc) is 2.67. The first-order chi connectivity index (χ1) is 13.1. The number of carbonyl (C=O) groups is 2. The van der Waals surface area contributed by atoms with Gasteiger partial charge in [-0.2, -0.15) is 0 Å². The predicted molar refractivity (Wildman–Crippen MR) is 101 cm³/mol. The molecule has 2 atom stereocenters. The lowest BCUT2D eigenvalue weighted by atomic mass is 9.93. The minimum atomic E-state index is -0.465. The summed E-state index contributed by atoms with van der Waals surface area (Å²) in [6.07, 6.45) is 1.27. The smallest absolute Gasteiger partial charge is 0.235 e. The molecular weight excluding hydrogens is 342 g/mol. The molecule has 0 aromatic heterocycles. The molecule has 0 fully saturated rings. The molecule has 2 heterocycles. The third-order valence-electron chi connectivity index (χ3n) is 5.31. The number of nitrogens with one attached hydrogen (secondary N) is 1. The Hall–Kier alpha value is -2.86. The maximum atomic E-state index is 12.7. The van der Waals surface area contributed by atoms with Gasteiger partial charge in [0.25, 0.3) is 0 Å². The zero-order valence-electron chi connectivity index (χ0n) is 15.1. The molecule has 140 valence electrons. The SMILES string of the molecule is NC(=O)[C@H]1Cc2ccccc2CN1CC(=O)N[C@H]1CCOc2ccccc21. The van der Waals surface area contributed by atoms with Gasteiger partial charge in [-0.25, -0.2) is 0 Å². The van der Waals surface area contributed by atoms with Gasteiger partial charge in [-0.15, -0.1) is 0 Å². The molecule has 4 rings (SSSR count). The summed E-state index contributed by atoms with van der Waals surface area (Å²) in [7, 11) is 0. The molecule has 2 aliphatic rings. The Morgan fingerprint density at radius 2 is 1.85 bits per heavy atom. The first-order valence-electron chi connectivity index (χ1n) is 9.23. The zero-order valence-corrected chi connectivity index (χ0v) is 15.1. The molecule has 0 saturated carbocycles. The molecule has 2 aromatic rings. The van der Waals surface area contributed by atoms with Crippen molar-refractivity contribution < 1.29 is 14.3 Å². The lowest BCUT2D eigenvalue weighted by Gasteiger charge is -2.35. The summed E-state index contributed by atoms with van der Waals surface area (Å²) in [5.74, 6) is 0.312. The predicted octanol–water partition coefficient (Wildman–Crippen LogP) is 1.54. The lowest BCUT2D eigenvalue weighted by molar-refractivity contribution is -0.128. The van der Waals surface area contributed by atoms with Gasteiger partial charge in [0.15, 0.2) is 0 Å². The van der Waals surface area contributed by atoms with E-state index in [1.54, 1.807) is 0 Å². The second-order valence-electron chi connectivity index (χ2n) is 7.09. The van der Waals surface area contributed by atoms with Gasteiger partial charge in [0.2, 0.25) is 11.8 Å². The minimum absolute atomic E-state index is 0.0773. The van der Waals surface area contributed by atoms with Crippen molar-refractivity contribution in [3.8, 4) is 5.75 Å². The van der Waals surface area contributed by atoms with E-state index in [9.17, 15) is 9.59 Å². The molecule has 0 radical (unpaired) electrons. The summed E-state index contributed by atoms with van der Waals surface area (Å²) >= 11 is 0. The van der Waals surface area contributed by atoms with E-state index in [2.05, 4.69) is 5.32 Å². The Morgan fingerprint density at radius 1 is 1.11 bits per heavy atom. The molecule has 3 N–H and O–H groups in total. The van der Waals surface area contributed by atoms with E-state index in [0.29, 0.717) is 19.6 Å². The highest BCUT2D eigenvalue weighted by atomic mass is 16.5. The van der Waals surface area contributed by atoms with Crippen molar-refractivity contribution in [3.63, 3.8) is 0 Å². The van der Waals surface area contributed by atoms with Crippen molar-refractivity contribution in [2.24, 2.45) is 5.73 Å². The van der Waals surface area contributed by atoms with Crippen LogP contribution < -0.4 is 15.8 Å². The molecule has 0 aliphatic carbocycles. The van der Waals surface area contributed by atoms with E-state index in [1.165, 1.54) is 0 Å². The van der Waals surface area contributed by atoms with Crippen LogP contribution in [0.2, 0.25) is 0 Å². The summed E-state index contributed by atoms with van der Waals surface area (Å²) in [4.78, 5) is 26.5. The van der Waals surface area contributed by atoms with Gasteiger partial charge < -0.3 is 15.8 Å². The van der Waals surface area contributed by atoms with E-state index in [4.69, 9.17) is 10.5 Å². The van der Waals surface area contributed by atoms with E-state index in [1.807, 2.05) is 53.4 Å². The van der Waals surface area contributed by atoms with Crippen LogP contribution in [0.5, 0.6) is 5.75 Å². The molecule has 0 unspecified atom stereocenters. The van der Waals surface area contributed by atoms with E-state index < -0.39 is 11.9 Å². The van der Waals surface area contributed by atoms with Gasteiger partial charge in [-0.05, 0) is 23.6 Å². The van der Waals surface area contributed by atoms with Crippen molar-refractivity contribution in [1.29, 1.82) is 0 Å².